The van der Waals surface area contributed by atoms with Crippen molar-refractivity contribution >= 4 is 11.6 Å². The predicted octanol–water partition coefficient (Wildman–Crippen LogP) is 1.49. The Balaban J connectivity index is 0.00000128. The first kappa shape index (κ1) is 12.4. The van der Waals surface area contributed by atoms with Gasteiger partial charge in [-0.2, -0.15) is 0 Å². The van der Waals surface area contributed by atoms with Crippen LogP contribution in [0.1, 0.15) is 25.3 Å². The fraction of sp³-hybridized carbons (Fsp3) is 0.417. The van der Waals surface area contributed by atoms with E-state index in [1.165, 1.54) is 5.56 Å². The first-order valence-electron chi connectivity index (χ1n) is 5.07. The molecule has 0 heterocycles. The number of benzene rings is 1. The molecule has 2 atom stereocenters. The van der Waals surface area contributed by atoms with Crippen molar-refractivity contribution in [1.82, 2.24) is 0 Å². The van der Waals surface area contributed by atoms with Crippen LogP contribution in [0.15, 0.2) is 29.3 Å². The van der Waals surface area contributed by atoms with Gasteiger partial charge in [0.2, 0.25) is 0 Å². The highest BCUT2D eigenvalue weighted by atomic mass is 15.0. The summed E-state index contributed by atoms with van der Waals surface area (Å²) in [6.07, 6.45) is 1.05. The minimum atomic E-state index is 0. The molecule has 1 aromatic carbocycles. The second kappa shape index (κ2) is 4.88. The molecule has 0 aromatic heterocycles. The topological polar surface area (TPSA) is 76.4 Å². The summed E-state index contributed by atoms with van der Waals surface area (Å²) in [7, 11) is 1.91. The monoisotopic (exact) mass is 220 g/mol. The van der Waals surface area contributed by atoms with Crippen molar-refractivity contribution in [2.75, 3.05) is 12.4 Å². The Bertz CT molecular complexity index is 365. The lowest BCUT2D eigenvalue weighted by Crippen LogP contribution is -2.23. The van der Waals surface area contributed by atoms with Crippen molar-refractivity contribution in [3.05, 3.63) is 29.8 Å². The van der Waals surface area contributed by atoms with Crippen molar-refractivity contribution in [2.24, 2.45) is 16.5 Å². The molecule has 5 N–H and O–H groups in total. The Labute approximate surface area is 96.7 Å². The zero-order valence-corrected chi connectivity index (χ0v) is 8.77. The van der Waals surface area contributed by atoms with Crippen LogP contribution < -0.4 is 16.8 Å². The molecular weight excluding hydrogens is 200 g/mol. The quantitative estimate of drug-likeness (QED) is 0.533. The van der Waals surface area contributed by atoms with Crippen molar-refractivity contribution in [2.45, 2.75) is 25.8 Å². The summed E-state index contributed by atoms with van der Waals surface area (Å²) < 4.78 is 0. The number of nitrogens with two attached hydrogens (primary N) is 2. The SMILES string of the molecule is C.CNc1ccc(C2CC2N=C(N)N)cc1. The second-order valence-electron chi connectivity index (χ2n) is 3.84. The first-order valence-corrected chi connectivity index (χ1v) is 5.07. The minimum Gasteiger partial charge on any atom is -0.388 e. The van der Waals surface area contributed by atoms with E-state index in [0.717, 1.165) is 12.1 Å². The van der Waals surface area contributed by atoms with Crippen LogP contribution in [0, 0.1) is 0 Å². The van der Waals surface area contributed by atoms with Gasteiger partial charge in [-0.1, -0.05) is 19.6 Å². The summed E-state index contributed by atoms with van der Waals surface area (Å²) in [6.45, 7) is 0. The molecule has 1 aliphatic carbocycles. The number of aliphatic imine (C=N–C) groups is 1. The zero-order valence-electron chi connectivity index (χ0n) is 8.77. The van der Waals surface area contributed by atoms with Gasteiger partial charge in [0.1, 0.15) is 0 Å². The smallest absolute Gasteiger partial charge is 0.186 e. The molecule has 4 nitrogen and oxygen atoms in total. The Morgan fingerprint density at radius 1 is 1.31 bits per heavy atom. The first-order chi connectivity index (χ1) is 7.20. The molecule has 1 aliphatic rings. The Morgan fingerprint density at radius 2 is 1.94 bits per heavy atom. The number of guanidine groups is 1. The third-order valence-electron chi connectivity index (χ3n) is 2.70. The fourth-order valence-electron chi connectivity index (χ4n) is 1.77. The van der Waals surface area contributed by atoms with E-state index in [4.69, 9.17) is 11.5 Å². The van der Waals surface area contributed by atoms with Crippen molar-refractivity contribution in [3.63, 3.8) is 0 Å². The number of rotatable bonds is 3. The van der Waals surface area contributed by atoms with Gasteiger partial charge in [-0.3, -0.25) is 0 Å². The third-order valence-corrected chi connectivity index (χ3v) is 2.70. The van der Waals surface area contributed by atoms with Crippen LogP contribution in [-0.2, 0) is 0 Å². The van der Waals surface area contributed by atoms with Gasteiger partial charge in [-0.05, 0) is 24.1 Å². The lowest BCUT2D eigenvalue weighted by molar-refractivity contribution is 0.982. The van der Waals surface area contributed by atoms with Gasteiger partial charge in [0, 0.05) is 18.7 Å². The van der Waals surface area contributed by atoms with Crippen LogP contribution in [0.2, 0.25) is 0 Å². The van der Waals surface area contributed by atoms with Crippen molar-refractivity contribution in [3.8, 4) is 0 Å². The summed E-state index contributed by atoms with van der Waals surface area (Å²) >= 11 is 0. The molecule has 16 heavy (non-hydrogen) atoms. The number of hydrogen-bond donors (Lipinski definition) is 3. The van der Waals surface area contributed by atoms with E-state index >= 15 is 0 Å². The van der Waals surface area contributed by atoms with E-state index in [2.05, 4.69) is 34.6 Å². The lowest BCUT2D eigenvalue weighted by atomic mass is 10.1. The number of nitrogens with zero attached hydrogens (tertiary/aromatic N) is 1. The van der Waals surface area contributed by atoms with Gasteiger partial charge < -0.3 is 16.8 Å². The summed E-state index contributed by atoms with van der Waals surface area (Å²) in [5.41, 5.74) is 13.1. The highest BCUT2D eigenvalue weighted by Crippen LogP contribution is 2.43. The minimum absolute atomic E-state index is 0. The molecule has 0 saturated heterocycles. The average molecular weight is 220 g/mol. The number of nitrogens with one attached hydrogen (secondary N) is 1. The van der Waals surface area contributed by atoms with Gasteiger partial charge in [0.25, 0.3) is 0 Å². The van der Waals surface area contributed by atoms with Crippen LogP contribution in [0.5, 0.6) is 0 Å². The Morgan fingerprint density at radius 3 is 2.44 bits per heavy atom. The van der Waals surface area contributed by atoms with Gasteiger partial charge in [-0.25, -0.2) is 4.99 Å². The molecule has 4 heteroatoms. The van der Waals surface area contributed by atoms with Crippen molar-refractivity contribution < 1.29 is 0 Å². The molecule has 0 radical (unpaired) electrons. The summed E-state index contributed by atoms with van der Waals surface area (Å²) in [5.74, 6) is 0.687. The maximum absolute atomic E-state index is 5.34. The molecule has 0 amide bonds. The fourth-order valence-corrected chi connectivity index (χ4v) is 1.77. The van der Waals surface area contributed by atoms with E-state index < -0.39 is 0 Å². The third kappa shape index (κ3) is 2.66. The average Bonchev–Trinajstić information content (AvgIpc) is 2.96. The summed E-state index contributed by atoms with van der Waals surface area (Å²) in [5, 5.41) is 3.09. The molecule has 2 unspecified atom stereocenters. The van der Waals surface area contributed by atoms with Crippen LogP contribution >= 0.6 is 0 Å². The molecule has 88 valence electrons. The maximum Gasteiger partial charge on any atom is 0.186 e. The summed E-state index contributed by atoms with van der Waals surface area (Å²) in [4.78, 5) is 4.15. The van der Waals surface area contributed by atoms with Gasteiger partial charge in [0.05, 0.1) is 6.04 Å². The predicted molar refractivity (Wildman–Crippen MR) is 69.7 cm³/mol. The van der Waals surface area contributed by atoms with Crippen LogP contribution in [0.25, 0.3) is 0 Å². The Hall–Kier alpha value is -1.71. The molecule has 1 saturated carbocycles. The molecular formula is C12H20N4. The lowest BCUT2D eigenvalue weighted by Gasteiger charge is -2.02. The Kier molecular flexibility index (Phi) is 3.77. The van der Waals surface area contributed by atoms with Gasteiger partial charge in [-0.15, -0.1) is 0 Å². The van der Waals surface area contributed by atoms with Gasteiger partial charge >= 0.3 is 0 Å². The van der Waals surface area contributed by atoms with Crippen LogP contribution in [0.4, 0.5) is 5.69 Å². The highest BCUT2D eigenvalue weighted by Gasteiger charge is 2.38. The molecule has 2 rings (SSSR count). The number of hydrogen-bond acceptors (Lipinski definition) is 2. The normalized spacial score (nSPS) is 21.8. The molecule has 0 spiro atoms. The van der Waals surface area contributed by atoms with Crippen LogP contribution in [0.3, 0.4) is 0 Å². The second-order valence-corrected chi connectivity index (χ2v) is 3.84. The number of anilines is 1. The van der Waals surface area contributed by atoms with E-state index in [-0.39, 0.29) is 19.4 Å². The van der Waals surface area contributed by atoms with Crippen LogP contribution in [-0.4, -0.2) is 19.0 Å². The largest absolute Gasteiger partial charge is 0.388 e. The van der Waals surface area contributed by atoms with E-state index in [1.807, 2.05) is 7.05 Å². The zero-order chi connectivity index (χ0) is 10.8. The molecule has 1 aromatic rings. The highest BCUT2D eigenvalue weighted by molar-refractivity contribution is 5.76. The van der Waals surface area contributed by atoms with E-state index in [9.17, 15) is 0 Å². The molecule has 1 fully saturated rings. The molecule has 0 aliphatic heterocycles. The van der Waals surface area contributed by atoms with E-state index in [1.54, 1.807) is 0 Å². The maximum atomic E-state index is 5.34. The van der Waals surface area contributed by atoms with Crippen molar-refractivity contribution in [1.29, 1.82) is 0 Å². The van der Waals surface area contributed by atoms with E-state index in [0.29, 0.717) is 5.92 Å². The standard InChI is InChI=1S/C11H16N4.CH4/c1-14-8-4-2-7(3-5-8)9-6-10(9)15-11(12)13;/h2-5,9-10,14H,6H2,1H3,(H4,12,13,15);1H4. The van der Waals surface area contributed by atoms with Gasteiger partial charge in [0.15, 0.2) is 5.96 Å². The summed E-state index contributed by atoms with van der Waals surface area (Å²) in [6, 6.07) is 8.67. The molecule has 0 bridgehead atoms.